The molecule has 0 spiro atoms. The first-order valence-electron chi connectivity index (χ1n) is 8.97. The maximum absolute atomic E-state index is 12.3. The van der Waals surface area contributed by atoms with E-state index in [2.05, 4.69) is 19.2 Å². The summed E-state index contributed by atoms with van der Waals surface area (Å²) in [5.74, 6) is 1.01. The van der Waals surface area contributed by atoms with Crippen LogP contribution in [0.2, 0.25) is 0 Å². The average molecular weight is 367 g/mol. The van der Waals surface area contributed by atoms with E-state index in [1.807, 2.05) is 31.2 Å². The molecule has 0 radical (unpaired) electrons. The van der Waals surface area contributed by atoms with Crippen LogP contribution in [-0.4, -0.2) is 23.8 Å². The van der Waals surface area contributed by atoms with Crippen molar-refractivity contribution in [1.82, 2.24) is 5.32 Å². The molecule has 1 aromatic carbocycles. The van der Waals surface area contributed by atoms with E-state index >= 15 is 0 Å². The van der Waals surface area contributed by atoms with Crippen molar-refractivity contribution in [1.29, 1.82) is 0 Å². The van der Waals surface area contributed by atoms with Crippen molar-refractivity contribution in [3.8, 4) is 0 Å². The van der Waals surface area contributed by atoms with Crippen molar-refractivity contribution in [2.75, 3.05) is 6.54 Å². The van der Waals surface area contributed by atoms with Gasteiger partial charge in [-0.05, 0) is 43.6 Å². The van der Waals surface area contributed by atoms with Crippen molar-refractivity contribution < 1.29 is 9.59 Å². The van der Waals surface area contributed by atoms with Gasteiger partial charge in [0.15, 0.2) is 5.78 Å². The van der Waals surface area contributed by atoms with E-state index in [0.29, 0.717) is 23.9 Å². The number of benzene rings is 1. The molecule has 5 heteroatoms. The second-order valence-corrected chi connectivity index (χ2v) is 7.66. The fourth-order valence-electron chi connectivity index (χ4n) is 3.09. The zero-order valence-electron chi connectivity index (χ0n) is 15.5. The molecule has 3 N–H and O–H groups in total. The molecule has 1 amide bonds. The summed E-state index contributed by atoms with van der Waals surface area (Å²) in [6.07, 6.45) is 3.70. The third-order valence-corrected chi connectivity index (χ3v) is 4.83. The van der Waals surface area contributed by atoms with Crippen LogP contribution in [0, 0.1) is 11.8 Å². The van der Waals surface area contributed by atoms with E-state index in [9.17, 15) is 9.59 Å². The van der Waals surface area contributed by atoms with Crippen molar-refractivity contribution >= 4 is 24.1 Å². The minimum Gasteiger partial charge on any atom is -0.349 e. The molecule has 1 aromatic rings. The number of hydrogen-bond donors (Lipinski definition) is 2. The summed E-state index contributed by atoms with van der Waals surface area (Å²) >= 11 is 0. The first kappa shape index (κ1) is 21.7. The highest BCUT2D eigenvalue weighted by molar-refractivity contribution is 5.98. The first-order chi connectivity index (χ1) is 11.3. The fraction of sp³-hybridized carbons (Fsp3) is 0.600. The Labute approximate surface area is 157 Å². The largest absolute Gasteiger partial charge is 0.349 e. The molecule has 1 unspecified atom stereocenters. The Morgan fingerprint density at radius 1 is 1.20 bits per heavy atom. The molecule has 0 saturated heterocycles. The van der Waals surface area contributed by atoms with Crippen LogP contribution >= 0.6 is 12.4 Å². The van der Waals surface area contributed by atoms with Crippen LogP contribution in [0.1, 0.15) is 62.4 Å². The van der Waals surface area contributed by atoms with Crippen LogP contribution in [-0.2, 0) is 11.2 Å². The van der Waals surface area contributed by atoms with Crippen molar-refractivity contribution in [2.45, 2.75) is 58.4 Å². The molecule has 1 saturated carbocycles. The quantitative estimate of drug-likeness (QED) is 0.657. The van der Waals surface area contributed by atoms with Gasteiger partial charge in [-0.2, -0.15) is 0 Å². The molecule has 140 valence electrons. The lowest BCUT2D eigenvalue weighted by Crippen LogP contribution is -2.53. The Kier molecular flexibility index (Phi) is 8.10. The summed E-state index contributed by atoms with van der Waals surface area (Å²) in [6, 6.07) is 7.75. The molecular formula is C20H31ClN2O2. The molecule has 0 heterocycles. The van der Waals surface area contributed by atoms with Crippen molar-refractivity contribution in [2.24, 2.45) is 17.6 Å². The molecule has 1 aliphatic rings. The average Bonchev–Trinajstić information content (AvgIpc) is 3.38. The van der Waals surface area contributed by atoms with Crippen LogP contribution in [0.25, 0.3) is 0 Å². The molecule has 4 nitrogen and oxygen atoms in total. The van der Waals surface area contributed by atoms with Gasteiger partial charge in [0.25, 0.3) is 0 Å². The monoisotopic (exact) mass is 366 g/mol. The van der Waals surface area contributed by atoms with E-state index in [1.165, 1.54) is 5.56 Å². The standard InChI is InChI=1S/C20H30N2O2.ClH/c1-14(2)12-15-4-6-16(7-5-15)18(23)10-11-19(24)22-20(3,13-21)17-8-9-17;/h4-7,14,17H,8-13,21H2,1-3H3,(H,22,24);1H. The maximum Gasteiger partial charge on any atom is 0.220 e. The minimum atomic E-state index is -0.321. The van der Waals surface area contributed by atoms with Crippen molar-refractivity contribution in [3.63, 3.8) is 0 Å². The number of hydrogen-bond acceptors (Lipinski definition) is 3. The number of nitrogens with one attached hydrogen (secondary N) is 1. The Morgan fingerprint density at radius 3 is 2.28 bits per heavy atom. The number of halogens is 1. The van der Waals surface area contributed by atoms with Gasteiger partial charge >= 0.3 is 0 Å². The number of carbonyl (C=O) groups is 2. The Balaban J connectivity index is 0.00000312. The van der Waals surface area contributed by atoms with Gasteiger partial charge in [0.2, 0.25) is 5.91 Å². The zero-order valence-corrected chi connectivity index (χ0v) is 16.3. The van der Waals surface area contributed by atoms with Gasteiger partial charge in [-0.3, -0.25) is 9.59 Å². The summed E-state index contributed by atoms with van der Waals surface area (Å²) < 4.78 is 0. The van der Waals surface area contributed by atoms with Gasteiger partial charge in [-0.15, -0.1) is 12.4 Å². The number of carbonyl (C=O) groups excluding carboxylic acids is 2. The number of Topliss-reactive ketones (excluding diaryl/α,β-unsaturated/α-hetero) is 1. The van der Waals surface area contributed by atoms with E-state index in [4.69, 9.17) is 5.73 Å². The predicted molar refractivity (Wildman–Crippen MR) is 104 cm³/mol. The minimum absolute atomic E-state index is 0. The molecule has 0 aromatic heterocycles. The second kappa shape index (κ2) is 9.35. The molecule has 1 fully saturated rings. The van der Waals surface area contributed by atoms with Gasteiger partial charge in [-0.25, -0.2) is 0 Å². The van der Waals surface area contributed by atoms with Crippen LogP contribution in [0.3, 0.4) is 0 Å². The van der Waals surface area contributed by atoms with Crippen LogP contribution in [0.4, 0.5) is 0 Å². The van der Waals surface area contributed by atoms with Gasteiger partial charge in [0, 0.05) is 24.9 Å². The second-order valence-electron chi connectivity index (χ2n) is 7.66. The third kappa shape index (κ3) is 6.44. The van der Waals surface area contributed by atoms with E-state index < -0.39 is 0 Å². The van der Waals surface area contributed by atoms with Gasteiger partial charge in [0.05, 0.1) is 5.54 Å². The van der Waals surface area contributed by atoms with Crippen LogP contribution < -0.4 is 11.1 Å². The Bertz CT molecular complexity index is 582. The maximum atomic E-state index is 12.3. The summed E-state index contributed by atoms with van der Waals surface area (Å²) in [6.45, 7) is 6.79. The highest BCUT2D eigenvalue weighted by Crippen LogP contribution is 2.39. The lowest BCUT2D eigenvalue weighted by Gasteiger charge is -2.29. The van der Waals surface area contributed by atoms with Crippen molar-refractivity contribution in [3.05, 3.63) is 35.4 Å². The van der Waals surface area contributed by atoms with E-state index in [0.717, 1.165) is 19.3 Å². The number of amides is 1. The molecule has 25 heavy (non-hydrogen) atoms. The number of ketones is 1. The Hall–Kier alpha value is -1.39. The van der Waals surface area contributed by atoms with Crippen LogP contribution in [0.15, 0.2) is 24.3 Å². The lowest BCUT2D eigenvalue weighted by atomic mass is 9.95. The SMILES string of the molecule is CC(C)Cc1ccc(C(=O)CCC(=O)NC(C)(CN)C2CC2)cc1.Cl. The summed E-state index contributed by atoms with van der Waals surface area (Å²) in [7, 11) is 0. The predicted octanol–water partition coefficient (Wildman–Crippen LogP) is 3.51. The summed E-state index contributed by atoms with van der Waals surface area (Å²) in [5, 5.41) is 3.03. The molecular weight excluding hydrogens is 336 g/mol. The highest BCUT2D eigenvalue weighted by Gasteiger charge is 2.41. The number of rotatable bonds is 9. The smallest absolute Gasteiger partial charge is 0.220 e. The summed E-state index contributed by atoms with van der Waals surface area (Å²) in [5.41, 5.74) is 7.41. The van der Waals surface area contributed by atoms with Gasteiger partial charge in [0.1, 0.15) is 0 Å². The number of nitrogens with two attached hydrogens (primary N) is 1. The van der Waals surface area contributed by atoms with Gasteiger partial charge < -0.3 is 11.1 Å². The third-order valence-electron chi connectivity index (χ3n) is 4.83. The zero-order chi connectivity index (χ0) is 17.7. The van der Waals surface area contributed by atoms with Crippen LogP contribution in [0.5, 0.6) is 0 Å². The molecule has 2 rings (SSSR count). The molecule has 0 aliphatic heterocycles. The van der Waals surface area contributed by atoms with E-state index in [-0.39, 0.29) is 42.5 Å². The van der Waals surface area contributed by atoms with Gasteiger partial charge in [-0.1, -0.05) is 38.1 Å². The molecule has 1 atom stereocenters. The highest BCUT2D eigenvalue weighted by atomic mass is 35.5. The first-order valence-corrected chi connectivity index (χ1v) is 8.97. The lowest BCUT2D eigenvalue weighted by molar-refractivity contribution is -0.123. The molecule has 0 bridgehead atoms. The van der Waals surface area contributed by atoms with E-state index in [1.54, 1.807) is 0 Å². The molecule has 1 aliphatic carbocycles. The summed E-state index contributed by atoms with van der Waals surface area (Å²) in [4.78, 5) is 24.4. The topological polar surface area (TPSA) is 72.2 Å². The fourth-order valence-corrected chi connectivity index (χ4v) is 3.09. The Morgan fingerprint density at radius 2 is 1.80 bits per heavy atom. The normalized spacial score (nSPS) is 16.0.